The molecule has 0 radical (unpaired) electrons. The fourth-order valence-electron chi connectivity index (χ4n) is 2.65. The number of piperidine rings is 1. The van der Waals surface area contributed by atoms with Gasteiger partial charge in [0.2, 0.25) is 0 Å². The third kappa shape index (κ3) is 2.57. The first-order valence-electron chi connectivity index (χ1n) is 6.65. The molecule has 1 fully saturated rings. The van der Waals surface area contributed by atoms with Gasteiger partial charge in [0.05, 0.1) is 0 Å². The smallest absolute Gasteiger partial charge is 0.327 e. The summed E-state index contributed by atoms with van der Waals surface area (Å²) in [6.07, 6.45) is -3.36. The van der Waals surface area contributed by atoms with Gasteiger partial charge in [-0.15, -0.1) is 0 Å². The molecule has 1 unspecified atom stereocenters. The number of carbonyl (C=O) groups excluding carboxylic acids is 1. The van der Waals surface area contributed by atoms with Crippen molar-refractivity contribution in [3.8, 4) is 0 Å². The number of H-pyrrole nitrogens is 1. The van der Waals surface area contributed by atoms with Crippen LogP contribution in [-0.4, -0.2) is 45.0 Å². The maximum Gasteiger partial charge on any atom is 0.408 e. The van der Waals surface area contributed by atoms with Crippen molar-refractivity contribution < 1.29 is 18.0 Å². The molecule has 1 N–H and O–H groups in total. The number of likely N-dealkylation sites (tertiary alicyclic amines) is 1. The molecule has 1 aromatic carbocycles. The molecular weight excluding hydrogens is 285 g/mol. The SMILES string of the molecule is O=C(c1ccc2n[nH]nc2c1)N1CCCCC1C(F)(F)F. The number of hydrogen-bond donors (Lipinski definition) is 1. The molecule has 3 rings (SSSR count). The van der Waals surface area contributed by atoms with Crippen molar-refractivity contribution >= 4 is 16.9 Å². The van der Waals surface area contributed by atoms with E-state index in [-0.39, 0.29) is 18.5 Å². The molecule has 1 amide bonds. The standard InChI is InChI=1S/C13H13F3N4O/c14-13(15,16)11-3-1-2-6-20(11)12(21)8-4-5-9-10(7-8)18-19-17-9/h4-5,7,11H,1-3,6H2,(H,17,18,19). The zero-order chi connectivity index (χ0) is 15.0. The van der Waals surface area contributed by atoms with Gasteiger partial charge >= 0.3 is 6.18 Å². The largest absolute Gasteiger partial charge is 0.408 e. The summed E-state index contributed by atoms with van der Waals surface area (Å²) in [6, 6.07) is 2.81. The molecular formula is C13H13F3N4O. The number of alkyl halides is 3. The fourth-order valence-corrected chi connectivity index (χ4v) is 2.65. The Morgan fingerprint density at radius 1 is 1.24 bits per heavy atom. The van der Waals surface area contributed by atoms with Gasteiger partial charge in [-0.25, -0.2) is 0 Å². The summed E-state index contributed by atoms with van der Waals surface area (Å²) in [5.41, 5.74) is 1.23. The minimum absolute atomic E-state index is 0.0402. The number of nitrogens with one attached hydrogen (secondary N) is 1. The first-order valence-corrected chi connectivity index (χ1v) is 6.65. The van der Waals surface area contributed by atoms with Crippen molar-refractivity contribution in [1.29, 1.82) is 0 Å². The molecule has 1 aliphatic rings. The number of nitrogens with zero attached hydrogens (tertiary/aromatic N) is 3. The molecule has 5 nitrogen and oxygen atoms in total. The van der Waals surface area contributed by atoms with Crippen LogP contribution in [0.1, 0.15) is 29.6 Å². The molecule has 2 aromatic rings. The number of aromatic amines is 1. The number of fused-ring (bicyclic) bond motifs is 1. The Morgan fingerprint density at radius 3 is 2.76 bits per heavy atom. The summed E-state index contributed by atoms with van der Waals surface area (Å²) in [5.74, 6) is -0.609. The van der Waals surface area contributed by atoms with Crippen LogP contribution in [0.2, 0.25) is 0 Å². The lowest BCUT2D eigenvalue weighted by Gasteiger charge is -2.36. The molecule has 112 valence electrons. The zero-order valence-corrected chi connectivity index (χ0v) is 11.0. The monoisotopic (exact) mass is 298 g/mol. The molecule has 1 atom stereocenters. The average Bonchev–Trinajstić information content (AvgIpc) is 2.93. The summed E-state index contributed by atoms with van der Waals surface area (Å²) in [5, 5.41) is 10.1. The molecule has 1 saturated heterocycles. The lowest BCUT2D eigenvalue weighted by atomic mass is 10.00. The summed E-state index contributed by atoms with van der Waals surface area (Å²) >= 11 is 0. The third-order valence-electron chi connectivity index (χ3n) is 3.70. The van der Waals surface area contributed by atoms with Crippen LogP contribution in [-0.2, 0) is 0 Å². The number of halogens is 3. The maximum absolute atomic E-state index is 13.0. The number of rotatable bonds is 1. The Morgan fingerprint density at radius 2 is 2.00 bits per heavy atom. The summed E-state index contributed by atoms with van der Waals surface area (Å²) in [7, 11) is 0. The number of carbonyl (C=O) groups is 1. The van der Waals surface area contributed by atoms with E-state index in [1.165, 1.54) is 12.1 Å². The van der Waals surface area contributed by atoms with Gasteiger partial charge in [0.15, 0.2) is 0 Å². The van der Waals surface area contributed by atoms with Gasteiger partial charge in [-0.3, -0.25) is 4.79 Å². The number of aromatic nitrogens is 3. The minimum atomic E-state index is -4.39. The molecule has 0 saturated carbocycles. The highest BCUT2D eigenvalue weighted by Gasteiger charge is 2.46. The van der Waals surface area contributed by atoms with E-state index in [9.17, 15) is 18.0 Å². The minimum Gasteiger partial charge on any atom is -0.327 e. The van der Waals surface area contributed by atoms with E-state index in [0.29, 0.717) is 23.9 Å². The van der Waals surface area contributed by atoms with Crippen LogP contribution in [0.3, 0.4) is 0 Å². The van der Waals surface area contributed by atoms with Crippen molar-refractivity contribution in [2.75, 3.05) is 6.54 Å². The summed E-state index contributed by atoms with van der Waals surface area (Å²) in [6.45, 7) is 0.125. The number of hydrogen-bond acceptors (Lipinski definition) is 3. The zero-order valence-electron chi connectivity index (χ0n) is 11.0. The second-order valence-corrected chi connectivity index (χ2v) is 5.08. The highest BCUT2D eigenvalue weighted by atomic mass is 19.4. The van der Waals surface area contributed by atoms with Gasteiger partial charge in [0.1, 0.15) is 17.1 Å². The lowest BCUT2D eigenvalue weighted by molar-refractivity contribution is -0.183. The third-order valence-corrected chi connectivity index (χ3v) is 3.70. The molecule has 0 bridgehead atoms. The Hall–Kier alpha value is -2.12. The van der Waals surface area contributed by atoms with Crippen LogP contribution in [0.4, 0.5) is 13.2 Å². The summed E-state index contributed by atoms with van der Waals surface area (Å²) < 4.78 is 39.1. The molecule has 0 aliphatic carbocycles. The molecule has 2 heterocycles. The number of amides is 1. The molecule has 0 spiro atoms. The molecule has 21 heavy (non-hydrogen) atoms. The van der Waals surface area contributed by atoms with Gasteiger partial charge < -0.3 is 4.90 Å². The van der Waals surface area contributed by atoms with Gasteiger partial charge in [0, 0.05) is 12.1 Å². The van der Waals surface area contributed by atoms with Gasteiger partial charge in [-0.2, -0.15) is 28.6 Å². The predicted octanol–water partition coefficient (Wildman–Crippen LogP) is 2.51. The molecule has 1 aromatic heterocycles. The first-order chi connectivity index (χ1) is 9.97. The number of benzene rings is 1. The van der Waals surface area contributed by atoms with E-state index in [0.717, 1.165) is 4.90 Å². The Balaban J connectivity index is 1.91. The van der Waals surface area contributed by atoms with Gasteiger partial charge in [0.25, 0.3) is 5.91 Å². The van der Waals surface area contributed by atoms with E-state index < -0.39 is 18.1 Å². The summed E-state index contributed by atoms with van der Waals surface area (Å²) in [4.78, 5) is 13.3. The van der Waals surface area contributed by atoms with E-state index in [1.54, 1.807) is 6.07 Å². The second kappa shape index (κ2) is 5.01. The van der Waals surface area contributed by atoms with Crippen molar-refractivity contribution in [1.82, 2.24) is 20.3 Å². The maximum atomic E-state index is 13.0. The topological polar surface area (TPSA) is 61.9 Å². The highest BCUT2D eigenvalue weighted by Crippen LogP contribution is 2.32. The van der Waals surface area contributed by atoms with Crippen molar-refractivity contribution in [3.63, 3.8) is 0 Å². The van der Waals surface area contributed by atoms with E-state index >= 15 is 0 Å². The van der Waals surface area contributed by atoms with Crippen LogP contribution < -0.4 is 0 Å². The van der Waals surface area contributed by atoms with Gasteiger partial charge in [-0.05, 0) is 37.5 Å². The van der Waals surface area contributed by atoms with Crippen LogP contribution >= 0.6 is 0 Å². The first kappa shape index (κ1) is 13.8. The van der Waals surface area contributed by atoms with E-state index in [1.807, 2.05) is 0 Å². The van der Waals surface area contributed by atoms with Crippen LogP contribution in [0.15, 0.2) is 18.2 Å². The predicted molar refractivity (Wildman–Crippen MR) is 68.6 cm³/mol. The van der Waals surface area contributed by atoms with Gasteiger partial charge in [-0.1, -0.05) is 0 Å². The fraction of sp³-hybridized carbons (Fsp3) is 0.462. The second-order valence-electron chi connectivity index (χ2n) is 5.08. The van der Waals surface area contributed by atoms with E-state index in [4.69, 9.17) is 0 Å². The Kier molecular flexibility index (Phi) is 3.30. The Labute approximate surface area is 118 Å². The van der Waals surface area contributed by atoms with E-state index in [2.05, 4.69) is 15.4 Å². The van der Waals surface area contributed by atoms with Crippen LogP contribution in [0.5, 0.6) is 0 Å². The quantitative estimate of drug-likeness (QED) is 0.880. The Bertz CT molecular complexity index is 667. The molecule has 1 aliphatic heterocycles. The highest BCUT2D eigenvalue weighted by molar-refractivity contribution is 5.97. The van der Waals surface area contributed by atoms with Crippen molar-refractivity contribution in [2.45, 2.75) is 31.5 Å². The normalized spacial score (nSPS) is 20.0. The molecule has 8 heteroatoms. The van der Waals surface area contributed by atoms with Crippen molar-refractivity contribution in [3.05, 3.63) is 23.8 Å². The van der Waals surface area contributed by atoms with Crippen LogP contribution in [0, 0.1) is 0 Å². The lowest BCUT2D eigenvalue weighted by Crippen LogP contribution is -2.51. The van der Waals surface area contributed by atoms with Crippen molar-refractivity contribution in [2.24, 2.45) is 0 Å². The van der Waals surface area contributed by atoms with Crippen LogP contribution in [0.25, 0.3) is 11.0 Å². The average molecular weight is 298 g/mol.